The van der Waals surface area contributed by atoms with Crippen LogP contribution in [0.1, 0.15) is 12.5 Å². The Morgan fingerprint density at radius 3 is 2.42 bits per heavy atom. The van der Waals surface area contributed by atoms with E-state index >= 15 is 0 Å². The number of carbonyl (C=O) groups excluding carboxylic acids is 2. The minimum Gasteiger partial charge on any atom is -0.497 e. The summed E-state index contributed by atoms with van der Waals surface area (Å²) in [6, 6.07) is 12.5. The lowest BCUT2D eigenvalue weighted by Crippen LogP contribution is -2.50. The van der Waals surface area contributed by atoms with Crippen LogP contribution in [0.4, 0.5) is 5.69 Å². The number of nitrogens with one attached hydrogen (secondary N) is 1. The summed E-state index contributed by atoms with van der Waals surface area (Å²) >= 11 is 6.00. The van der Waals surface area contributed by atoms with Gasteiger partial charge in [-0.2, -0.15) is 0 Å². The number of anilines is 1. The average molecular weight is 468 g/mol. The van der Waals surface area contributed by atoms with Crippen LogP contribution < -0.4 is 14.4 Å². The SMILES string of the molecule is CNC(=O)[C@@H](C)N(Cc1cccc(OC)c1)C(=O)CN(c1cccc(Cl)c1)S(C)(=O)=O. The van der Waals surface area contributed by atoms with Crippen LogP contribution in [0.5, 0.6) is 5.75 Å². The van der Waals surface area contributed by atoms with Crippen LogP contribution in [0.2, 0.25) is 5.02 Å². The van der Waals surface area contributed by atoms with Gasteiger partial charge in [0.1, 0.15) is 18.3 Å². The molecule has 0 aliphatic heterocycles. The number of carbonyl (C=O) groups is 2. The Kier molecular flexibility index (Phi) is 8.29. The topological polar surface area (TPSA) is 96.0 Å². The lowest BCUT2D eigenvalue weighted by molar-refractivity contribution is -0.139. The standard InChI is InChI=1S/C21H26ClN3O5S/c1-15(21(27)23-2)24(13-16-7-5-10-19(11-16)30-3)20(26)14-25(31(4,28)29)18-9-6-8-17(22)12-18/h5-12,15H,13-14H2,1-4H3,(H,23,27)/t15-/m1/s1. The molecule has 0 heterocycles. The maximum atomic E-state index is 13.3. The molecule has 0 radical (unpaired) electrons. The molecule has 0 unspecified atom stereocenters. The van der Waals surface area contributed by atoms with Crippen LogP contribution in [0.25, 0.3) is 0 Å². The van der Waals surface area contributed by atoms with Crippen LogP contribution in [0.3, 0.4) is 0 Å². The Morgan fingerprint density at radius 2 is 1.84 bits per heavy atom. The molecule has 10 heteroatoms. The zero-order valence-corrected chi connectivity index (χ0v) is 19.4. The van der Waals surface area contributed by atoms with Crippen molar-refractivity contribution < 1.29 is 22.7 Å². The summed E-state index contributed by atoms with van der Waals surface area (Å²) in [6.45, 7) is 1.20. The maximum Gasteiger partial charge on any atom is 0.244 e. The number of hydrogen-bond donors (Lipinski definition) is 1. The van der Waals surface area contributed by atoms with Crippen molar-refractivity contribution in [2.45, 2.75) is 19.5 Å². The van der Waals surface area contributed by atoms with Crippen molar-refractivity contribution in [1.82, 2.24) is 10.2 Å². The van der Waals surface area contributed by atoms with Crippen molar-refractivity contribution in [3.63, 3.8) is 0 Å². The first-order valence-electron chi connectivity index (χ1n) is 9.44. The van der Waals surface area contributed by atoms with Gasteiger partial charge < -0.3 is 15.0 Å². The van der Waals surface area contributed by atoms with E-state index in [1.165, 1.54) is 25.1 Å². The number of nitrogens with zero attached hydrogens (tertiary/aromatic N) is 2. The smallest absolute Gasteiger partial charge is 0.244 e. The Labute approximate surface area is 187 Å². The number of rotatable bonds is 9. The summed E-state index contributed by atoms with van der Waals surface area (Å²) in [4.78, 5) is 26.9. The molecule has 2 aromatic rings. The second-order valence-electron chi connectivity index (χ2n) is 6.91. The van der Waals surface area contributed by atoms with Crippen LogP contribution in [0, 0.1) is 0 Å². The Bertz CT molecular complexity index is 1040. The van der Waals surface area contributed by atoms with Gasteiger partial charge in [0.25, 0.3) is 0 Å². The molecule has 168 valence electrons. The molecular formula is C21H26ClN3O5S. The fourth-order valence-electron chi connectivity index (χ4n) is 3.00. The van der Waals surface area contributed by atoms with Crippen molar-refractivity contribution in [3.05, 3.63) is 59.1 Å². The van der Waals surface area contributed by atoms with E-state index in [1.54, 1.807) is 49.4 Å². The first kappa shape index (κ1) is 24.5. The van der Waals surface area contributed by atoms with E-state index in [4.69, 9.17) is 16.3 Å². The second-order valence-corrected chi connectivity index (χ2v) is 9.26. The van der Waals surface area contributed by atoms with Gasteiger partial charge in [-0.25, -0.2) is 8.42 Å². The van der Waals surface area contributed by atoms with Gasteiger partial charge in [-0.1, -0.05) is 29.8 Å². The number of amides is 2. The van der Waals surface area contributed by atoms with Gasteiger partial charge in [-0.15, -0.1) is 0 Å². The molecular weight excluding hydrogens is 442 g/mol. The van der Waals surface area contributed by atoms with Gasteiger partial charge in [0.15, 0.2) is 0 Å². The Morgan fingerprint density at radius 1 is 1.16 bits per heavy atom. The highest BCUT2D eigenvalue weighted by molar-refractivity contribution is 7.92. The molecule has 0 spiro atoms. The third kappa shape index (κ3) is 6.60. The highest BCUT2D eigenvalue weighted by Crippen LogP contribution is 2.23. The number of likely N-dealkylation sites (N-methyl/N-ethyl adjacent to an activating group) is 1. The molecule has 0 aliphatic carbocycles. The first-order valence-corrected chi connectivity index (χ1v) is 11.7. The number of halogens is 1. The van der Waals surface area contributed by atoms with Crippen molar-refractivity contribution >= 4 is 39.1 Å². The minimum absolute atomic E-state index is 0.0950. The van der Waals surface area contributed by atoms with Gasteiger partial charge in [0.2, 0.25) is 21.8 Å². The second kappa shape index (κ2) is 10.5. The van der Waals surface area contributed by atoms with Crippen molar-refractivity contribution in [2.24, 2.45) is 0 Å². The molecule has 0 bridgehead atoms. The molecule has 1 atom stereocenters. The molecule has 1 N–H and O–H groups in total. The van der Waals surface area contributed by atoms with Gasteiger partial charge in [0.05, 0.1) is 19.1 Å². The predicted molar refractivity (Wildman–Crippen MR) is 121 cm³/mol. The lowest BCUT2D eigenvalue weighted by atomic mass is 10.1. The van der Waals surface area contributed by atoms with Crippen molar-refractivity contribution in [3.8, 4) is 5.75 Å². The van der Waals surface area contributed by atoms with Gasteiger partial charge in [0, 0.05) is 18.6 Å². The Balaban J connectivity index is 2.39. The Hall–Kier alpha value is -2.78. The summed E-state index contributed by atoms with van der Waals surface area (Å²) in [7, 11) is -0.786. The molecule has 2 amide bonds. The minimum atomic E-state index is -3.79. The molecule has 0 saturated heterocycles. The summed E-state index contributed by atoms with van der Waals surface area (Å²) < 4.78 is 31.0. The molecule has 2 aromatic carbocycles. The van der Waals surface area contributed by atoms with E-state index in [1.807, 2.05) is 0 Å². The third-order valence-corrected chi connectivity index (χ3v) is 6.05. The van der Waals surface area contributed by atoms with Gasteiger partial charge >= 0.3 is 0 Å². The molecule has 31 heavy (non-hydrogen) atoms. The zero-order chi connectivity index (χ0) is 23.2. The zero-order valence-electron chi connectivity index (χ0n) is 17.8. The fourth-order valence-corrected chi connectivity index (χ4v) is 4.03. The quantitative estimate of drug-likeness (QED) is 0.610. The average Bonchev–Trinajstić information content (AvgIpc) is 2.73. The summed E-state index contributed by atoms with van der Waals surface area (Å²) in [6.07, 6.45) is 1.01. The van der Waals surface area contributed by atoms with Crippen LogP contribution >= 0.6 is 11.6 Å². The largest absolute Gasteiger partial charge is 0.497 e. The van der Waals surface area contributed by atoms with Gasteiger partial charge in [-0.05, 0) is 42.8 Å². The van der Waals surface area contributed by atoms with E-state index < -0.39 is 28.5 Å². The number of sulfonamides is 1. The van der Waals surface area contributed by atoms with E-state index in [-0.39, 0.29) is 18.1 Å². The molecule has 2 rings (SSSR count). The number of benzene rings is 2. The highest BCUT2D eigenvalue weighted by atomic mass is 35.5. The number of hydrogen-bond acceptors (Lipinski definition) is 5. The van der Waals surface area contributed by atoms with Crippen LogP contribution in [-0.2, 0) is 26.2 Å². The van der Waals surface area contributed by atoms with Crippen LogP contribution in [-0.4, -0.2) is 58.1 Å². The predicted octanol–water partition coefficient (Wildman–Crippen LogP) is 2.28. The molecule has 0 saturated carbocycles. The van der Waals surface area contributed by atoms with E-state index in [0.717, 1.165) is 16.1 Å². The van der Waals surface area contributed by atoms with E-state index in [0.29, 0.717) is 10.8 Å². The number of methoxy groups -OCH3 is 1. The van der Waals surface area contributed by atoms with Crippen molar-refractivity contribution in [2.75, 3.05) is 31.3 Å². The summed E-state index contributed by atoms with van der Waals surface area (Å²) in [5.41, 5.74) is 0.995. The maximum absolute atomic E-state index is 13.3. The molecule has 8 nitrogen and oxygen atoms in total. The normalized spacial score (nSPS) is 12.0. The molecule has 0 fully saturated rings. The van der Waals surface area contributed by atoms with Gasteiger partial charge in [-0.3, -0.25) is 13.9 Å². The molecule has 0 aliphatic rings. The molecule has 0 aromatic heterocycles. The van der Waals surface area contributed by atoms with E-state index in [2.05, 4.69) is 5.32 Å². The monoisotopic (exact) mass is 467 g/mol. The first-order chi connectivity index (χ1) is 14.6. The third-order valence-electron chi connectivity index (χ3n) is 4.68. The lowest BCUT2D eigenvalue weighted by Gasteiger charge is -2.31. The highest BCUT2D eigenvalue weighted by Gasteiger charge is 2.29. The summed E-state index contributed by atoms with van der Waals surface area (Å²) in [5, 5.41) is 2.86. The fraction of sp³-hybridized carbons (Fsp3) is 0.333. The summed E-state index contributed by atoms with van der Waals surface area (Å²) in [5.74, 6) is -0.302. The van der Waals surface area contributed by atoms with E-state index in [9.17, 15) is 18.0 Å². The number of ether oxygens (including phenoxy) is 1. The van der Waals surface area contributed by atoms with Crippen molar-refractivity contribution in [1.29, 1.82) is 0 Å². The van der Waals surface area contributed by atoms with Crippen LogP contribution in [0.15, 0.2) is 48.5 Å².